The van der Waals surface area contributed by atoms with Gasteiger partial charge in [0.05, 0.1) is 12.2 Å². The Labute approximate surface area is 151 Å². The second-order valence-electron chi connectivity index (χ2n) is 7.78. The van der Waals surface area contributed by atoms with E-state index in [2.05, 4.69) is 37.8 Å². The Morgan fingerprint density at radius 3 is 2.40 bits per heavy atom. The van der Waals surface area contributed by atoms with Crippen LogP contribution in [0.1, 0.15) is 49.5 Å². The van der Waals surface area contributed by atoms with Crippen LogP contribution < -0.4 is 5.73 Å². The minimum atomic E-state index is 0.125. The Balaban J connectivity index is 1.61. The normalized spacial score (nSPS) is 31.1. The number of rotatable bonds is 3. The van der Waals surface area contributed by atoms with Gasteiger partial charge in [0.25, 0.3) is 5.91 Å². The lowest BCUT2D eigenvalue weighted by Crippen LogP contribution is -2.48. The van der Waals surface area contributed by atoms with Crippen molar-refractivity contribution in [2.75, 3.05) is 19.6 Å². The van der Waals surface area contributed by atoms with E-state index in [-0.39, 0.29) is 30.2 Å². The van der Waals surface area contributed by atoms with Crippen LogP contribution in [0.25, 0.3) is 0 Å². The fourth-order valence-electron chi connectivity index (χ4n) is 4.10. The van der Waals surface area contributed by atoms with E-state index in [1.807, 2.05) is 17.0 Å². The molecule has 0 aromatic heterocycles. The van der Waals surface area contributed by atoms with Gasteiger partial charge >= 0.3 is 0 Å². The molecule has 2 N–H and O–H groups in total. The maximum absolute atomic E-state index is 12.8. The fraction of sp³-hybridized carbons (Fsp3) is 0.650. The van der Waals surface area contributed by atoms with Crippen LogP contribution in [0.5, 0.6) is 0 Å². The van der Waals surface area contributed by atoms with Crippen molar-refractivity contribution >= 4 is 5.91 Å². The summed E-state index contributed by atoms with van der Waals surface area (Å²) in [5.74, 6) is 0.125. The van der Waals surface area contributed by atoms with Gasteiger partial charge in [-0.3, -0.25) is 9.69 Å². The number of hydrogen-bond acceptors (Lipinski definition) is 4. The zero-order valence-corrected chi connectivity index (χ0v) is 15.6. The number of carbonyl (C=O) groups excluding carboxylic acids is 1. The van der Waals surface area contributed by atoms with Gasteiger partial charge in [0, 0.05) is 43.8 Å². The molecule has 138 valence electrons. The molecule has 0 saturated carbocycles. The van der Waals surface area contributed by atoms with Crippen molar-refractivity contribution in [1.82, 2.24) is 9.80 Å². The molecule has 25 heavy (non-hydrogen) atoms. The standard InChI is InChI=1S/C20H31N3O2/c1-14-10-19(21)8-9-23(14)20(24)18-6-4-17(5-7-18)13-22-11-15(2)25-16(3)12-22/h4-7,14-16,19H,8-13,21H2,1-3H3/t14-,15+,16+,19-/m0/s1. The number of nitrogens with two attached hydrogens (primary N) is 1. The molecule has 3 rings (SSSR count). The van der Waals surface area contributed by atoms with E-state index in [0.29, 0.717) is 0 Å². The van der Waals surface area contributed by atoms with Crippen LogP contribution in [0.4, 0.5) is 0 Å². The van der Waals surface area contributed by atoms with E-state index in [9.17, 15) is 4.79 Å². The predicted molar refractivity (Wildman–Crippen MR) is 99.4 cm³/mol. The summed E-state index contributed by atoms with van der Waals surface area (Å²) in [6, 6.07) is 8.53. The Hall–Kier alpha value is -1.43. The maximum Gasteiger partial charge on any atom is 0.254 e. The molecule has 2 aliphatic heterocycles. The highest BCUT2D eigenvalue weighted by Gasteiger charge is 2.28. The molecule has 0 unspecified atom stereocenters. The molecule has 4 atom stereocenters. The van der Waals surface area contributed by atoms with Crippen LogP contribution >= 0.6 is 0 Å². The monoisotopic (exact) mass is 345 g/mol. The largest absolute Gasteiger partial charge is 0.373 e. The highest BCUT2D eigenvalue weighted by atomic mass is 16.5. The first-order valence-electron chi connectivity index (χ1n) is 9.45. The quantitative estimate of drug-likeness (QED) is 0.913. The number of morpholine rings is 1. The summed E-state index contributed by atoms with van der Waals surface area (Å²) in [6.07, 6.45) is 2.33. The second-order valence-corrected chi connectivity index (χ2v) is 7.78. The highest BCUT2D eigenvalue weighted by Crippen LogP contribution is 2.20. The molecule has 1 amide bonds. The Bertz CT molecular complexity index is 579. The van der Waals surface area contributed by atoms with E-state index in [4.69, 9.17) is 10.5 Å². The molecule has 5 nitrogen and oxygen atoms in total. The molecule has 1 aromatic rings. The molecule has 2 fully saturated rings. The van der Waals surface area contributed by atoms with Crippen LogP contribution in [0.3, 0.4) is 0 Å². The minimum absolute atomic E-state index is 0.125. The average Bonchev–Trinajstić information content (AvgIpc) is 2.54. The molecule has 2 heterocycles. The Morgan fingerprint density at radius 1 is 1.16 bits per heavy atom. The van der Waals surface area contributed by atoms with Gasteiger partial charge in [-0.2, -0.15) is 0 Å². The molecular formula is C20H31N3O2. The van der Waals surface area contributed by atoms with Crippen LogP contribution in [-0.2, 0) is 11.3 Å². The minimum Gasteiger partial charge on any atom is -0.373 e. The molecular weight excluding hydrogens is 314 g/mol. The van der Waals surface area contributed by atoms with E-state index in [0.717, 1.165) is 44.6 Å². The highest BCUT2D eigenvalue weighted by molar-refractivity contribution is 5.94. The molecule has 5 heteroatoms. The van der Waals surface area contributed by atoms with Crippen molar-refractivity contribution in [3.05, 3.63) is 35.4 Å². The lowest BCUT2D eigenvalue weighted by molar-refractivity contribution is -0.0704. The summed E-state index contributed by atoms with van der Waals surface area (Å²) in [5, 5.41) is 0. The van der Waals surface area contributed by atoms with Crippen molar-refractivity contribution in [2.45, 2.75) is 64.4 Å². The summed E-state index contributed by atoms with van der Waals surface area (Å²) in [5.41, 5.74) is 8.02. The SMILES string of the molecule is C[C@@H]1CN(Cc2ccc(C(=O)N3CC[C@H](N)C[C@@H]3C)cc2)C[C@@H](C)O1. The van der Waals surface area contributed by atoms with Gasteiger partial charge in [-0.25, -0.2) is 0 Å². The molecule has 2 aliphatic rings. The van der Waals surface area contributed by atoms with Crippen molar-refractivity contribution in [1.29, 1.82) is 0 Å². The van der Waals surface area contributed by atoms with Gasteiger partial charge in [0.2, 0.25) is 0 Å². The smallest absolute Gasteiger partial charge is 0.254 e. The Morgan fingerprint density at radius 2 is 1.80 bits per heavy atom. The fourth-order valence-corrected chi connectivity index (χ4v) is 4.10. The van der Waals surface area contributed by atoms with Crippen molar-refractivity contribution in [2.24, 2.45) is 5.73 Å². The van der Waals surface area contributed by atoms with E-state index >= 15 is 0 Å². The van der Waals surface area contributed by atoms with Gasteiger partial charge in [-0.1, -0.05) is 12.1 Å². The summed E-state index contributed by atoms with van der Waals surface area (Å²) < 4.78 is 5.79. The van der Waals surface area contributed by atoms with Crippen molar-refractivity contribution in [3.8, 4) is 0 Å². The van der Waals surface area contributed by atoms with Gasteiger partial charge in [-0.15, -0.1) is 0 Å². The van der Waals surface area contributed by atoms with Crippen molar-refractivity contribution < 1.29 is 9.53 Å². The van der Waals surface area contributed by atoms with E-state index in [1.54, 1.807) is 0 Å². The summed E-state index contributed by atoms with van der Waals surface area (Å²) >= 11 is 0. The van der Waals surface area contributed by atoms with Crippen LogP contribution in [-0.4, -0.2) is 59.6 Å². The number of nitrogens with zero attached hydrogens (tertiary/aromatic N) is 2. The Kier molecular flexibility index (Phi) is 5.77. The summed E-state index contributed by atoms with van der Waals surface area (Å²) in [7, 11) is 0. The lowest BCUT2D eigenvalue weighted by atomic mass is 9.98. The third-order valence-electron chi connectivity index (χ3n) is 5.28. The molecule has 2 saturated heterocycles. The number of hydrogen-bond donors (Lipinski definition) is 1. The third kappa shape index (κ3) is 4.60. The molecule has 1 aromatic carbocycles. The number of amides is 1. The number of likely N-dealkylation sites (tertiary alicyclic amines) is 1. The topological polar surface area (TPSA) is 58.8 Å². The first-order valence-corrected chi connectivity index (χ1v) is 9.45. The van der Waals surface area contributed by atoms with Crippen LogP contribution in [0, 0.1) is 0 Å². The zero-order valence-electron chi connectivity index (χ0n) is 15.6. The van der Waals surface area contributed by atoms with Crippen LogP contribution in [0.15, 0.2) is 24.3 Å². The van der Waals surface area contributed by atoms with Gasteiger partial charge < -0.3 is 15.4 Å². The molecule has 0 radical (unpaired) electrons. The zero-order chi connectivity index (χ0) is 18.0. The van der Waals surface area contributed by atoms with Gasteiger partial charge in [0.15, 0.2) is 0 Å². The van der Waals surface area contributed by atoms with E-state index in [1.165, 1.54) is 5.56 Å². The third-order valence-corrected chi connectivity index (χ3v) is 5.28. The average molecular weight is 345 g/mol. The van der Waals surface area contributed by atoms with Gasteiger partial charge in [-0.05, 0) is 51.3 Å². The molecule has 0 spiro atoms. The number of piperidine rings is 1. The number of benzene rings is 1. The first-order chi connectivity index (χ1) is 11.9. The maximum atomic E-state index is 12.8. The van der Waals surface area contributed by atoms with Crippen molar-refractivity contribution in [3.63, 3.8) is 0 Å². The second kappa shape index (κ2) is 7.85. The van der Waals surface area contributed by atoms with Crippen LogP contribution in [0.2, 0.25) is 0 Å². The molecule has 0 bridgehead atoms. The molecule has 0 aliphatic carbocycles. The summed E-state index contributed by atoms with van der Waals surface area (Å²) in [4.78, 5) is 17.1. The predicted octanol–water partition coefficient (Wildman–Crippen LogP) is 2.25. The lowest BCUT2D eigenvalue weighted by Gasteiger charge is -2.36. The van der Waals surface area contributed by atoms with Gasteiger partial charge in [0.1, 0.15) is 0 Å². The number of ether oxygens (including phenoxy) is 1. The summed E-state index contributed by atoms with van der Waals surface area (Å²) in [6.45, 7) is 9.90. The number of carbonyl (C=O) groups is 1. The van der Waals surface area contributed by atoms with E-state index < -0.39 is 0 Å². The first kappa shape index (κ1) is 18.4.